The number of hydrogen-bond acceptors (Lipinski definition) is 5. The third kappa shape index (κ3) is 3.93. The fraction of sp³-hybridized carbons (Fsp3) is 0.412. The maximum absolute atomic E-state index is 12.0. The van der Waals surface area contributed by atoms with Crippen LogP contribution in [0.2, 0.25) is 0 Å². The molecule has 1 aromatic heterocycles. The van der Waals surface area contributed by atoms with Crippen molar-refractivity contribution in [1.29, 1.82) is 0 Å². The first-order valence-corrected chi connectivity index (χ1v) is 9.29. The van der Waals surface area contributed by atoms with Crippen molar-refractivity contribution >= 4 is 33.2 Å². The molecule has 1 heterocycles. The fourth-order valence-electron chi connectivity index (χ4n) is 2.77. The summed E-state index contributed by atoms with van der Waals surface area (Å²) in [4.78, 5) is 16.5. The molecule has 0 atom stereocenters. The van der Waals surface area contributed by atoms with Gasteiger partial charge >= 0.3 is 5.97 Å². The van der Waals surface area contributed by atoms with E-state index in [0.29, 0.717) is 0 Å². The zero-order valence-electron chi connectivity index (χ0n) is 12.9. The number of benzene rings is 1. The van der Waals surface area contributed by atoms with Gasteiger partial charge in [0.15, 0.2) is 0 Å². The average molecular weight is 396 g/mol. The minimum Gasteiger partial charge on any atom is -0.496 e. The molecule has 122 valence electrons. The van der Waals surface area contributed by atoms with E-state index in [4.69, 9.17) is 9.47 Å². The van der Waals surface area contributed by atoms with E-state index in [1.165, 1.54) is 11.3 Å². The average Bonchev–Trinajstić information content (AvgIpc) is 3.24. The summed E-state index contributed by atoms with van der Waals surface area (Å²) in [5, 5.41) is 2.78. The van der Waals surface area contributed by atoms with E-state index in [9.17, 15) is 4.79 Å². The van der Waals surface area contributed by atoms with Gasteiger partial charge in [0.25, 0.3) is 0 Å². The molecule has 0 aliphatic heterocycles. The Hall–Kier alpha value is -1.40. The van der Waals surface area contributed by atoms with Crippen molar-refractivity contribution in [3.05, 3.63) is 33.7 Å². The van der Waals surface area contributed by atoms with Gasteiger partial charge in [0.05, 0.1) is 24.3 Å². The predicted molar refractivity (Wildman–Crippen MR) is 93.6 cm³/mol. The second-order valence-electron chi connectivity index (χ2n) is 5.58. The number of rotatable bonds is 5. The summed E-state index contributed by atoms with van der Waals surface area (Å²) in [5.41, 5.74) is 1.71. The van der Waals surface area contributed by atoms with Crippen LogP contribution in [0, 0.1) is 5.92 Å². The molecule has 0 radical (unpaired) electrons. The molecule has 0 amide bonds. The number of hydrogen-bond donors (Lipinski definition) is 0. The second kappa shape index (κ2) is 7.45. The maximum Gasteiger partial charge on any atom is 0.309 e. The Labute approximate surface area is 148 Å². The molecule has 0 N–H and O–H groups in total. The molecule has 0 saturated heterocycles. The molecule has 4 nitrogen and oxygen atoms in total. The molecule has 0 spiro atoms. The van der Waals surface area contributed by atoms with Gasteiger partial charge in [0.1, 0.15) is 17.4 Å². The van der Waals surface area contributed by atoms with Gasteiger partial charge in [-0.1, -0.05) is 28.8 Å². The minimum atomic E-state index is -0.0860. The standard InChI is InChI=1S/C17H18BrNO3S/c1-21-15-7-6-12(18)8-14(15)16-19-13(10-23-16)9-22-17(20)11-4-2-3-5-11/h6-8,10-11H,2-5,9H2,1H3. The van der Waals surface area contributed by atoms with Gasteiger partial charge in [0.2, 0.25) is 0 Å². The topological polar surface area (TPSA) is 48.4 Å². The van der Waals surface area contributed by atoms with Crippen molar-refractivity contribution in [1.82, 2.24) is 4.98 Å². The van der Waals surface area contributed by atoms with E-state index in [1.807, 2.05) is 23.6 Å². The highest BCUT2D eigenvalue weighted by Crippen LogP contribution is 2.34. The Morgan fingerprint density at radius 3 is 2.91 bits per heavy atom. The van der Waals surface area contributed by atoms with Crippen LogP contribution in [0.3, 0.4) is 0 Å². The molecule has 3 rings (SSSR count). The van der Waals surface area contributed by atoms with Crippen molar-refractivity contribution in [2.45, 2.75) is 32.3 Å². The number of carbonyl (C=O) groups is 1. The van der Waals surface area contributed by atoms with Crippen LogP contribution in [-0.2, 0) is 16.1 Å². The molecular formula is C17H18BrNO3S. The Balaban J connectivity index is 1.68. The number of aromatic nitrogens is 1. The highest BCUT2D eigenvalue weighted by molar-refractivity contribution is 9.10. The number of carbonyl (C=O) groups excluding carboxylic acids is 1. The summed E-state index contributed by atoms with van der Waals surface area (Å²) in [5.74, 6) is 0.771. The molecule has 1 aliphatic carbocycles. The highest BCUT2D eigenvalue weighted by atomic mass is 79.9. The third-order valence-corrected chi connectivity index (χ3v) is 5.41. The molecule has 6 heteroatoms. The SMILES string of the molecule is COc1ccc(Br)cc1-c1nc(COC(=O)C2CCCC2)cs1. The Kier molecular flexibility index (Phi) is 5.33. The zero-order chi connectivity index (χ0) is 16.2. The largest absolute Gasteiger partial charge is 0.496 e. The minimum absolute atomic E-state index is 0.0817. The highest BCUT2D eigenvalue weighted by Gasteiger charge is 2.24. The van der Waals surface area contributed by atoms with E-state index in [1.54, 1.807) is 7.11 Å². The number of nitrogens with zero attached hydrogens (tertiary/aromatic N) is 1. The molecule has 0 bridgehead atoms. The quantitative estimate of drug-likeness (QED) is 0.681. The Bertz CT molecular complexity index is 695. The van der Waals surface area contributed by atoms with Crippen LogP contribution < -0.4 is 4.74 Å². The predicted octanol–water partition coefficient (Wildman–Crippen LogP) is 4.81. The summed E-state index contributed by atoms with van der Waals surface area (Å²) in [7, 11) is 1.64. The summed E-state index contributed by atoms with van der Waals surface area (Å²) in [6.45, 7) is 0.238. The van der Waals surface area contributed by atoms with Crippen LogP contribution in [0.1, 0.15) is 31.4 Å². The number of methoxy groups -OCH3 is 1. The molecule has 1 aromatic carbocycles. The van der Waals surface area contributed by atoms with Crippen LogP contribution in [0.4, 0.5) is 0 Å². The monoisotopic (exact) mass is 395 g/mol. The normalized spacial score (nSPS) is 14.9. The first-order valence-electron chi connectivity index (χ1n) is 7.62. The van der Waals surface area contributed by atoms with Crippen molar-refractivity contribution in [2.75, 3.05) is 7.11 Å². The van der Waals surface area contributed by atoms with Crippen molar-refractivity contribution in [3.63, 3.8) is 0 Å². The number of halogens is 1. The molecule has 2 aromatic rings. The van der Waals surface area contributed by atoms with Crippen LogP contribution in [-0.4, -0.2) is 18.1 Å². The van der Waals surface area contributed by atoms with Gasteiger partial charge < -0.3 is 9.47 Å². The fourth-order valence-corrected chi connectivity index (χ4v) is 3.95. The Morgan fingerprint density at radius 1 is 1.39 bits per heavy atom. The molecule has 23 heavy (non-hydrogen) atoms. The van der Waals surface area contributed by atoms with Crippen LogP contribution in [0.25, 0.3) is 10.6 Å². The van der Waals surface area contributed by atoms with E-state index in [2.05, 4.69) is 20.9 Å². The lowest BCUT2D eigenvalue weighted by atomic mass is 10.1. The first kappa shape index (κ1) is 16.5. The lowest BCUT2D eigenvalue weighted by Gasteiger charge is -2.08. The first-order chi connectivity index (χ1) is 11.2. The van der Waals surface area contributed by atoms with Gasteiger partial charge in [-0.2, -0.15) is 0 Å². The van der Waals surface area contributed by atoms with Crippen molar-refractivity contribution in [2.24, 2.45) is 5.92 Å². The van der Waals surface area contributed by atoms with Crippen LogP contribution in [0.15, 0.2) is 28.1 Å². The number of thiazole rings is 1. The van der Waals surface area contributed by atoms with Gasteiger partial charge in [-0.15, -0.1) is 11.3 Å². The number of ether oxygens (including phenoxy) is 2. The molecule has 1 saturated carbocycles. The van der Waals surface area contributed by atoms with Crippen molar-refractivity contribution < 1.29 is 14.3 Å². The summed E-state index contributed by atoms with van der Waals surface area (Å²) in [6.07, 6.45) is 4.17. The smallest absolute Gasteiger partial charge is 0.309 e. The van der Waals surface area contributed by atoms with Gasteiger partial charge in [-0.05, 0) is 31.0 Å². The van der Waals surface area contributed by atoms with Crippen LogP contribution in [0.5, 0.6) is 5.75 Å². The Morgan fingerprint density at radius 2 is 2.17 bits per heavy atom. The molecule has 0 unspecified atom stereocenters. The summed E-state index contributed by atoms with van der Waals surface area (Å²) in [6, 6.07) is 5.81. The summed E-state index contributed by atoms with van der Waals surface area (Å²) < 4.78 is 11.8. The van der Waals surface area contributed by atoms with E-state index < -0.39 is 0 Å². The van der Waals surface area contributed by atoms with E-state index >= 15 is 0 Å². The summed E-state index contributed by atoms with van der Waals surface area (Å²) >= 11 is 4.99. The molecular weight excluding hydrogens is 378 g/mol. The van der Waals surface area contributed by atoms with Gasteiger partial charge in [-0.3, -0.25) is 4.79 Å². The van der Waals surface area contributed by atoms with E-state index in [0.717, 1.165) is 52.2 Å². The molecule has 1 fully saturated rings. The lowest BCUT2D eigenvalue weighted by Crippen LogP contribution is -2.14. The lowest BCUT2D eigenvalue weighted by molar-refractivity contribution is -0.149. The van der Waals surface area contributed by atoms with Gasteiger partial charge in [-0.25, -0.2) is 4.98 Å². The number of esters is 1. The third-order valence-electron chi connectivity index (χ3n) is 3.99. The maximum atomic E-state index is 12.0. The molecule has 1 aliphatic rings. The van der Waals surface area contributed by atoms with Gasteiger partial charge in [0, 0.05) is 9.85 Å². The van der Waals surface area contributed by atoms with Crippen LogP contribution >= 0.6 is 27.3 Å². The second-order valence-corrected chi connectivity index (χ2v) is 7.35. The zero-order valence-corrected chi connectivity index (χ0v) is 15.3. The van der Waals surface area contributed by atoms with E-state index in [-0.39, 0.29) is 18.5 Å². The van der Waals surface area contributed by atoms with Crippen molar-refractivity contribution in [3.8, 4) is 16.3 Å².